The molecule has 0 saturated carbocycles. The number of rotatable bonds is 6. The van der Waals surface area contributed by atoms with Gasteiger partial charge in [0.1, 0.15) is 5.75 Å². The molecule has 0 spiro atoms. The molecule has 0 N–H and O–H groups in total. The lowest BCUT2D eigenvalue weighted by Crippen LogP contribution is -2.09. The average Bonchev–Trinajstić information content (AvgIpc) is 2.37. The van der Waals surface area contributed by atoms with Gasteiger partial charge in [-0.1, -0.05) is 19.1 Å². The first-order valence-electron chi connectivity index (χ1n) is 5.92. The zero-order valence-corrected chi connectivity index (χ0v) is 12.1. The summed E-state index contributed by atoms with van der Waals surface area (Å²) in [5.74, 6) is 0.438. The van der Waals surface area contributed by atoms with Crippen LogP contribution in [0.2, 0.25) is 0 Å². The van der Waals surface area contributed by atoms with E-state index in [1.165, 1.54) is 7.11 Å². The van der Waals surface area contributed by atoms with Crippen molar-refractivity contribution in [1.29, 1.82) is 0 Å². The molecule has 1 unspecified atom stereocenters. The zero-order valence-electron chi connectivity index (χ0n) is 11.2. The Morgan fingerprint density at radius 3 is 2.50 bits per heavy atom. The molecule has 1 atom stereocenters. The van der Waals surface area contributed by atoms with Crippen molar-refractivity contribution in [1.82, 2.24) is 0 Å². The van der Waals surface area contributed by atoms with Crippen molar-refractivity contribution in [2.75, 3.05) is 19.9 Å². The molecule has 4 nitrogen and oxygen atoms in total. The number of methoxy groups -OCH3 is 1. The topological polar surface area (TPSA) is 52.6 Å². The Balaban J connectivity index is 3.29. The number of benzene rings is 1. The normalized spacial score (nSPS) is 14.0. The quantitative estimate of drug-likeness (QED) is 0.742. The van der Waals surface area contributed by atoms with E-state index >= 15 is 0 Å². The van der Waals surface area contributed by atoms with Crippen LogP contribution in [0.4, 0.5) is 0 Å². The summed E-state index contributed by atoms with van der Waals surface area (Å²) in [5.41, 5.74) is 0.646. The molecule has 0 saturated heterocycles. The first kappa shape index (κ1) is 14.9. The summed E-state index contributed by atoms with van der Waals surface area (Å²) in [7, 11) is -1.81. The first-order chi connectivity index (χ1) is 8.50. The Labute approximate surface area is 108 Å². The molecule has 18 heavy (non-hydrogen) atoms. The molecule has 0 aliphatic heterocycles. The van der Waals surface area contributed by atoms with Gasteiger partial charge in [0.05, 0.1) is 19.3 Å². The van der Waals surface area contributed by atoms with Crippen LogP contribution in [0.5, 0.6) is 5.75 Å². The van der Waals surface area contributed by atoms with Gasteiger partial charge in [0, 0.05) is 6.16 Å². The van der Waals surface area contributed by atoms with Crippen molar-refractivity contribution in [3.05, 3.63) is 29.3 Å². The molecule has 0 aromatic heterocycles. The van der Waals surface area contributed by atoms with Crippen molar-refractivity contribution in [2.24, 2.45) is 0 Å². The number of hydrogen-bond donors (Lipinski definition) is 0. The van der Waals surface area contributed by atoms with Crippen LogP contribution in [0, 0.1) is 6.92 Å². The van der Waals surface area contributed by atoms with Gasteiger partial charge in [-0.25, -0.2) is 0 Å². The Bertz CT molecular complexity index is 482. The van der Waals surface area contributed by atoms with Gasteiger partial charge in [-0.2, -0.15) is 0 Å². The summed E-state index contributed by atoms with van der Waals surface area (Å²) in [5, 5.41) is 0. The molecule has 1 rings (SSSR count). The molecule has 0 fully saturated rings. The second kappa shape index (κ2) is 6.17. The van der Waals surface area contributed by atoms with Crippen molar-refractivity contribution in [2.45, 2.75) is 20.8 Å². The minimum atomic E-state index is -3.30. The van der Waals surface area contributed by atoms with Crippen LogP contribution in [0.15, 0.2) is 18.2 Å². The maximum Gasteiger partial charge on any atom is 0.271 e. The summed E-state index contributed by atoms with van der Waals surface area (Å²) in [4.78, 5) is 12.4. The van der Waals surface area contributed by atoms with Crippen molar-refractivity contribution in [3.63, 3.8) is 0 Å². The van der Waals surface area contributed by atoms with Crippen LogP contribution in [-0.4, -0.2) is 25.4 Å². The van der Waals surface area contributed by atoms with E-state index in [1.807, 2.05) is 0 Å². The Morgan fingerprint density at radius 2 is 2.00 bits per heavy atom. The minimum absolute atomic E-state index is 0.192. The van der Waals surface area contributed by atoms with Crippen LogP contribution in [0.3, 0.4) is 0 Å². The summed E-state index contributed by atoms with van der Waals surface area (Å²) >= 11 is 0. The third-order valence-electron chi connectivity index (χ3n) is 2.73. The van der Waals surface area contributed by atoms with E-state index < -0.39 is 12.9 Å². The molecule has 0 amide bonds. The highest BCUT2D eigenvalue weighted by Crippen LogP contribution is 2.51. The Kier molecular flexibility index (Phi) is 5.12. The van der Waals surface area contributed by atoms with Crippen LogP contribution < -0.4 is 4.74 Å². The van der Waals surface area contributed by atoms with E-state index in [0.717, 1.165) is 5.56 Å². The van der Waals surface area contributed by atoms with E-state index in [2.05, 4.69) is 0 Å². The van der Waals surface area contributed by atoms with Gasteiger partial charge in [-0.3, -0.25) is 9.36 Å². The van der Waals surface area contributed by atoms with E-state index in [9.17, 15) is 9.36 Å². The summed E-state index contributed by atoms with van der Waals surface area (Å²) in [6.45, 7) is 5.47. The summed E-state index contributed by atoms with van der Waals surface area (Å²) < 4.78 is 22.8. The van der Waals surface area contributed by atoms with Gasteiger partial charge in [-0.05, 0) is 25.5 Å². The third kappa shape index (κ3) is 2.82. The molecule has 1 aromatic rings. The summed E-state index contributed by atoms with van der Waals surface area (Å²) in [6, 6.07) is 5.27. The highest BCUT2D eigenvalue weighted by atomic mass is 31.2. The Hall–Kier alpha value is -1.12. The van der Waals surface area contributed by atoms with Gasteiger partial charge in [0.2, 0.25) is 0 Å². The molecule has 0 radical (unpaired) electrons. The highest BCUT2D eigenvalue weighted by Gasteiger charge is 2.34. The predicted octanol–water partition coefficient (Wildman–Crippen LogP) is 3.48. The minimum Gasteiger partial charge on any atom is -0.496 e. The molecule has 0 aliphatic carbocycles. The van der Waals surface area contributed by atoms with Crippen LogP contribution >= 0.6 is 7.37 Å². The second-order valence-electron chi connectivity index (χ2n) is 3.86. The zero-order chi connectivity index (χ0) is 13.8. The molecule has 5 heteroatoms. The number of ether oxygens (including phenoxy) is 1. The third-order valence-corrected chi connectivity index (χ3v) is 5.08. The number of carbonyl (C=O) groups excluding carboxylic acids is 1. The standard InChI is InChI=1S/C13H19O4P/c1-5-17-18(15,6-2)13(14)12-10(3)8-7-9-11(12)16-4/h7-9H,5-6H2,1-4H3. The number of hydrogen-bond acceptors (Lipinski definition) is 4. The molecular formula is C13H19O4P. The van der Waals surface area contributed by atoms with Crippen LogP contribution in [0.25, 0.3) is 0 Å². The van der Waals surface area contributed by atoms with Gasteiger partial charge in [0.15, 0.2) is 0 Å². The maximum atomic E-state index is 12.5. The van der Waals surface area contributed by atoms with E-state index in [0.29, 0.717) is 11.3 Å². The van der Waals surface area contributed by atoms with E-state index in [4.69, 9.17) is 9.26 Å². The van der Waals surface area contributed by atoms with E-state index in [-0.39, 0.29) is 12.8 Å². The molecule has 0 heterocycles. The number of aryl methyl sites for hydroxylation is 1. The van der Waals surface area contributed by atoms with Crippen molar-refractivity contribution < 1.29 is 18.6 Å². The fourth-order valence-corrected chi connectivity index (χ4v) is 3.39. The highest BCUT2D eigenvalue weighted by molar-refractivity contribution is 7.76. The predicted molar refractivity (Wildman–Crippen MR) is 71.8 cm³/mol. The molecular weight excluding hydrogens is 251 g/mol. The lowest BCUT2D eigenvalue weighted by Gasteiger charge is -2.17. The Morgan fingerprint density at radius 1 is 1.33 bits per heavy atom. The SMILES string of the molecule is CCOP(=O)(CC)C(=O)c1c(C)cccc1OC. The second-order valence-corrected chi connectivity index (χ2v) is 6.51. The molecule has 0 bridgehead atoms. The number of carbonyl (C=O) groups is 1. The monoisotopic (exact) mass is 270 g/mol. The maximum absolute atomic E-state index is 12.5. The molecule has 100 valence electrons. The van der Waals surface area contributed by atoms with Crippen LogP contribution in [0.1, 0.15) is 29.8 Å². The molecule has 0 aliphatic rings. The molecule has 1 aromatic carbocycles. The van der Waals surface area contributed by atoms with Gasteiger partial charge in [-0.15, -0.1) is 0 Å². The van der Waals surface area contributed by atoms with Gasteiger partial charge < -0.3 is 9.26 Å². The van der Waals surface area contributed by atoms with Crippen LogP contribution in [-0.2, 0) is 9.09 Å². The van der Waals surface area contributed by atoms with Gasteiger partial charge >= 0.3 is 0 Å². The largest absolute Gasteiger partial charge is 0.496 e. The lowest BCUT2D eigenvalue weighted by atomic mass is 10.1. The fraction of sp³-hybridized carbons (Fsp3) is 0.462. The van der Waals surface area contributed by atoms with Crippen molar-refractivity contribution >= 4 is 12.9 Å². The van der Waals surface area contributed by atoms with Gasteiger partial charge in [0.25, 0.3) is 12.9 Å². The lowest BCUT2D eigenvalue weighted by molar-refractivity contribution is 0.105. The fourth-order valence-electron chi connectivity index (χ4n) is 1.76. The summed E-state index contributed by atoms with van der Waals surface area (Å²) in [6.07, 6.45) is 0.192. The van der Waals surface area contributed by atoms with Crippen molar-refractivity contribution in [3.8, 4) is 5.75 Å². The average molecular weight is 270 g/mol. The smallest absolute Gasteiger partial charge is 0.271 e. The van der Waals surface area contributed by atoms with E-state index in [1.54, 1.807) is 39.0 Å². The first-order valence-corrected chi connectivity index (χ1v) is 7.73.